The first kappa shape index (κ1) is 24.0. The molecule has 2 aromatic heterocycles. The summed E-state index contributed by atoms with van der Waals surface area (Å²) in [6, 6.07) is 12.0. The van der Waals surface area contributed by atoms with E-state index in [1.807, 2.05) is 30.5 Å². The Morgan fingerprint density at radius 1 is 1.11 bits per heavy atom. The van der Waals surface area contributed by atoms with Crippen LogP contribution in [-0.4, -0.2) is 25.9 Å². The average Bonchev–Trinajstić information content (AvgIpc) is 3.53. The summed E-state index contributed by atoms with van der Waals surface area (Å²) >= 11 is 0. The van der Waals surface area contributed by atoms with Crippen molar-refractivity contribution < 1.29 is 27.1 Å². The van der Waals surface area contributed by atoms with Gasteiger partial charge in [0.05, 0.1) is 11.8 Å². The lowest BCUT2D eigenvalue weighted by molar-refractivity contribution is -0.137. The van der Waals surface area contributed by atoms with E-state index in [1.165, 1.54) is 17.7 Å². The molecule has 0 saturated carbocycles. The molecule has 0 fully saturated rings. The number of ether oxygens (including phenoxy) is 1. The van der Waals surface area contributed by atoms with Gasteiger partial charge in [-0.1, -0.05) is 23.4 Å². The van der Waals surface area contributed by atoms with E-state index in [2.05, 4.69) is 20.6 Å². The highest BCUT2D eigenvalue weighted by Crippen LogP contribution is 2.30. The lowest BCUT2D eigenvalue weighted by Crippen LogP contribution is -2.13. The van der Waals surface area contributed by atoms with Crippen molar-refractivity contribution in [2.24, 2.45) is 0 Å². The zero-order valence-corrected chi connectivity index (χ0v) is 18.5. The van der Waals surface area contributed by atoms with Crippen molar-refractivity contribution in [3.05, 3.63) is 89.9 Å². The van der Waals surface area contributed by atoms with Crippen LogP contribution in [0.15, 0.2) is 71.6 Å². The van der Waals surface area contributed by atoms with E-state index in [0.717, 1.165) is 44.2 Å². The quantitative estimate of drug-likeness (QED) is 0.313. The van der Waals surface area contributed by atoms with Crippen LogP contribution in [0.4, 0.5) is 18.9 Å². The molecule has 1 N–H and O–H groups in total. The Morgan fingerprint density at radius 2 is 1.94 bits per heavy atom. The highest BCUT2D eigenvalue weighted by atomic mass is 19.4. The summed E-state index contributed by atoms with van der Waals surface area (Å²) < 4.78 is 51.2. The van der Waals surface area contributed by atoms with Crippen molar-refractivity contribution in [3.63, 3.8) is 0 Å². The molecule has 0 atom stereocenters. The van der Waals surface area contributed by atoms with E-state index in [4.69, 9.17) is 9.15 Å². The fourth-order valence-corrected chi connectivity index (χ4v) is 3.30. The number of aromatic nitrogens is 4. The van der Waals surface area contributed by atoms with Crippen LogP contribution in [0.2, 0.25) is 0 Å². The molecule has 4 rings (SSSR count). The Labute approximate surface area is 198 Å². The van der Waals surface area contributed by atoms with Gasteiger partial charge in [-0.25, -0.2) is 4.98 Å². The van der Waals surface area contributed by atoms with Gasteiger partial charge in [0, 0.05) is 18.4 Å². The first-order valence-electron chi connectivity index (χ1n) is 10.9. The molecular weight excluding hydrogens is 463 g/mol. The Bertz CT molecular complexity index is 1240. The predicted molar refractivity (Wildman–Crippen MR) is 120 cm³/mol. The van der Waals surface area contributed by atoms with Crippen molar-refractivity contribution in [1.29, 1.82) is 0 Å². The molecule has 0 aliphatic carbocycles. The maximum atomic E-state index is 12.8. The summed E-state index contributed by atoms with van der Waals surface area (Å²) in [4.78, 5) is 16.4. The number of amides is 1. The molecule has 0 bridgehead atoms. The number of nitrogens with one attached hydrogen (secondary N) is 1. The highest BCUT2D eigenvalue weighted by Gasteiger charge is 2.30. The third kappa shape index (κ3) is 6.92. The monoisotopic (exact) mass is 485 g/mol. The Kier molecular flexibility index (Phi) is 7.44. The highest BCUT2D eigenvalue weighted by molar-refractivity contribution is 6.02. The van der Waals surface area contributed by atoms with Crippen LogP contribution >= 0.6 is 0 Å². The molecule has 2 heterocycles. The van der Waals surface area contributed by atoms with Gasteiger partial charge in [0.25, 0.3) is 5.91 Å². The summed E-state index contributed by atoms with van der Waals surface area (Å²) in [7, 11) is 0. The normalized spacial score (nSPS) is 11.4. The van der Waals surface area contributed by atoms with E-state index in [9.17, 15) is 18.0 Å². The van der Waals surface area contributed by atoms with E-state index < -0.39 is 17.6 Å². The van der Waals surface area contributed by atoms with Gasteiger partial charge in [0.2, 0.25) is 5.89 Å². The molecule has 0 radical (unpaired) electrons. The fraction of sp³-hybridized carbons (Fsp3) is 0.250. The maximum absolute atomic E-state index is 12.8. The minimum absolute atomic E-state index is 0.00381. The first-order valence-corrected chi connectivity index (χ1v) is 10.9. The van der Waals surface area contributed by atoms with Gasteiger partial charge >= 0.3 is 6.18 Å². The van der Waals surface area contributed by atoms with Gasteiger partial charge in [-0.05, 0) is 55.2 Å². The van der Waals surface area contributed by atoms with E-state index in [-0.39, 0.29) is 23.9 Å². The van der Waals surface area contributed by atoms with Crippen molar-refractivity contribution in [3.8, 4) is 5.75 Å². The topological polar surface area (TPSA) is 95.1 Å². The largest absolute Gasteiger partial charge is 0.484 e. The molecule has 2 aromatic carbocycles. The molecular formula is C24H22F3N5O3. The number of halogens is 3. The van der Waals surface area contributed by atoms with Crippen molar-refractivity contribution in [2.75, 3.05) is 5.32 Å². The summed E-state index contributed by atoms with van der Waals surface area (Å²) in [5.41, 5.74) is 0.259. The number of anilines is 1. The van der Waals surface area contributed by atoms with Crippen LogP contribution in [0, 0.1) is 0 Å². The predicted octanol–water partition coefficient (Wildman–Crippen LogP) is 5.14. The zero-order valence-electron chi connectivity index (χ0n) is 18.5. The fourth-order valence-electron chi connectivity index (χ4n) is 3.30. The van der Waals surface area contributed by atoms with Crippen LogP contribution in [0.3, 0.4) is 0 Å². The molecule has 8 nitrogen and oxygen atoms in total. The number of hydrogen-bond donors (Lipinski definition) is 1. The SMILES string of the molecule is O=C(Nc1cccc(C(F)(F)F)c1)c1coc(COc2ccc(CCCCn3ccnn3)cc2)n1. The molecule has 182 valence electrons. The number of alkyl halides is 3. The molecule has 0 aliphatic rings. The van der Waals surface area contributed by atoms with Gasteiger partial charge in [-0.2, -0.15) is 13.2 Å². The number of carbonyl (C=O) groups is 1. The molecule has 35 heavy (non-hydrogen) atoms. The standard InChI is InChI=1S/C24H22F3N5O3/c25-24(26,27)18-5-3-6-19(14-18)29-23(33)21-15-35-22(30-21)16-34-20-9-7-17(8-10-20)4-1-2-12-32-13-11-28-31-32/h3,5-11,13-15H,1-2,4,12,16H2,(H,29,33). The van der Waals surface area contributed by atoms with E-state index in [0.29, 0.717) is 5.75 Å². The molecule has 0 unspecified atom stereocenters. The minimum atomic E-state index is -4.50. The van der Waals surface area contributed by atoms with Crippen LogP contribution in [0.1, 0.15) is 40.3 Å². The van der Waals surface area contributed by atoms with Crippen LogP contribution < -0.4 is 10.1 Å². The number of carbonyl (C=O) groups excluding carboxylic acids is 1. The molecule has 0 aliphatic heterocycles. The van der Waals surface area contributed by atoms with Crippen molar-refractivity contribution in [1.82, 2.24) is 20.0 Å². The summed E-state index contributed by atoms with van der Waals surface area (Å²) in [6.07, 6.45) is 3.06. The van der Waals surface area contributed by atoms with Gasteiger partial charge in [-0.15, -0.1) is 5.10 Å². The third-order valence-corrected chi connectivity index (χ3v) is 5.09. The third-order valence-electron chi connectivity index (χ3n) is 5.09. The smallest absolute Gasteiger partial charge is 0.416 e. The van der Waals surface area contributed by atoms with Crippen LogP contribution in [0.25, 0.3) is 0 Å². The number of benzene rings is 2. The second kappa shape index (κ2) is 10.9. The minimum Gasteiger partial charge on any atom is -0.484 e. The average molecular weight is 485 g/mol. The summed E-state index contributed by atoms with van der Waals surface area (Å²) in [5, 5.41) is 10.1. The summed E-state index contributed by atoms with van der Waals surface area (Å²) in [6.45, 7) is 0.825. The maximum Gasteiger partial charge on any atom is 0.416 e. The second-order valence-electron chi connectivity index (χ2n) is 7.72. The van der Waals surface area contributed by atoms with Gasteiger partial charge in [-0.3, -0.25) is 9.48 Å². The first-order chi connectivity index (χ1) is 16.9. The van der Waals surface area contributed by atoms with Crippen LogP contribution in [0.5, 0.6) is 5.75 Å². The van der Waals surface area contributed by atoms with Crippen molar-refractivity contribution in [2.45, 2.75) is 38.6 Å². The van der Waals surface area contributed by atoms with E-state index >= 15 is 0 Å². The number of nitrogens with zero attached hydrogens (tertiary/aromatic N) is 4. The van der Waals surface area contributed by atoms with Gasteiger partial charge in [0.1, 0.15) is 12.0 Å². The lowest BCUT2D eigenvalue weighted by atomic mass is 10.1. The summed E-state index contributed by atoms with van der Waals surface area (Å²) in [5.74, 6) is 0.0911. The van der Waals surface area contributed by atoms with E-state index in [1.54, 1.807) is 10.9 Å². The molecule has 0 spiro atoms. The lowest BCUT2D eigenvalue weighted by Gasteiger charge is -2.09. The molecule has 1 amide bonds. The number of unbranched alkanes of at least 4 members (excludes halogenated alkanes) is 1. The second-order valence-corrected chi connectivity index (χ2v) is 7.72. The van der Waals surface area contributed by atoms with Gasteiger partial charge < -0.3 is 14.5 Å². The molecule has 0 saturated heterocycles. The van der Waals surface area contributed by atoms with Crippen LogP contribution in [-0.2, 0) is 25.7 Å². The zero-order chi connectivity index (χ0) is 24.7. The van der Waals surface area contributed by atoms with Crippen molar-refractivity contribution >= 4 is 11.6 Å². The number of aryl methyl sites for hydroxylation is 2. The Hall–Kier alpha value is -4.15. The number of oxazole rings is 1. The number of hydrogen-bond acceptors (Lipinski definition) is 6. The number of rotatable bonds is 10. The molecule has 11 heteroatoms. The van der Waals surface area contributed by atoms with Gasteiger partial charge in [0.15, 0.2) is 12.3 Å². The molecule has 4 aromatic rings. The Balaban J connectivity index is 1.23. The Morgan fingerprint density at radius 3 is 2.69 bits per heavy atom.